The van der Waals surface area contributed by atoms with Crippen LogP contribution in [0.5, 0.6) is 5.75 Å². The van der Waals surface area contributed by atoms with Gasteiger partial charge in [-0.25, -0.2) is 9.59 Å². The standard InChI is InChI=1S/C22H18N4O6/c1-25-21(32)24-20(31)22(25)11-26(10-15(22)13-7-5-12(9-23)6-8-13)18(28)14-3-2-4-16(27)17(14)19(29)30/h2-8,15,27H,10-11H2,1H3,(H,29,30)(H,24,31,32)/t15-,22+/m0/s1. The number of hydrogen-bond donors (Lipinski definition) is 3. The van der Waals surface area contributed by atoms with Crippen molar-refractivity contribution < 1.29 is 29.4 Å². The maximum atomic E-state index is 13.3. The van der Waals surface area contributed by atoms with Crippen LogP contribution in [0.3, 0.4) is 0 Å². The molecule has 0 unspecified atom stereocenters. The molecule has 10 nitrogen and oxygen atoms in total. The van der Waals surface area contributed by atoms with Crippen molar-refractivity contribution in [3.05, 3.63) is 64.7 Å². The lowest BCUT2D eigenvalue weighted by molar-refractivity contribution is -0.126. The average Bonchev–Trinajstić information content (AvgIpc) is 3.28. The highest BCUT2D eigenvalue weighted by atomic mass is 16.4. The lowest BCUT2D eigenvalue weighted by Crippen LogP contribution is -2.53. The van der Waals surface area contributed by atoms with Crippen molar-refractivity contribution >= 4 is 23.8 Å². The molecular weight excluding hydrogens is 416 g/mol. The smallest absolute Gasteiger partial charge is 0.340 e. The van der Waals surface area contributed by atoms with E-state index in [1.807, 2.05) is 6.07 Å². The molecule has 2 aromatic rings. The Kier molecular flexibility index (Phi) is 4.82. The number of aromatic hydroxyl groups is 1. The lowest BCUT2D eigenvalue weighted by atomic mass is 9.81. The van der Waals surface area contributed by atoms with Crippen LogP contribution >= 0.6 is 0 Å². The van der Waals surface area contributed by atoms with Gasteiger partial charge in [-0.2, -0.15) is 5.26 Å². The predicted octanol–water partition coefficient (Wildman–Crippen LogP) is 1.12. The maximum Gasteiger partial charge on any atom is 0.340 e. The summed E-state index contributed by atoms with van der Waals surface area (Å²) >= 11 is 0. The fourth-order valence-electron chi connectivity index (χ4n) is 4.47. The Bertz CT molecular complexity index is 1200. The summed E-state index contributed by atoms with van der Waals surface area (Å²) in [5.41, 5.74) is -1.10. The molecule has 4 amide bonds. The molecular formula is C22H18N4O6. The number of carboxylic acids is 1. The van der Waals surface area contributed by atoms with Gasteiger partial charge in [0.25, 0.3) is 11.8 Å². The number of likely N-dealkylation sites (tertiary alicyclic amines) is 1. The summed E-state index contributed by atoms with van der Waals surface area (Å²) in [5, 5.41) is 30.8. The molecule has 4 rings (SSSR count). The van der Waals surface area contributed by atoms with Crippen LogP contribution in [0.4, 0.5) is 4.79 Å². The second-order valence-corrected chi connectivity index (χ2v) is 7.72. The van der Waals surface area contributed by atoms with Gasteiger partial charge in [0.2, 0.25) is 0 Å². The summed E-state index contributed by atoms with van der Waals surface area (Å²) in [6.45, 7) is -0.149. The third-order valence-electron chi connectivity index (χ3n) is 6.14. The highest BCUT2D eigenvalue weighted by Crippen LogP contribution is 2.43. The molecule has 2 aromatic carbocycles. The highest BCUT2D eigenvalue weighted by molar-refractivity contribution is 6.10. The Morgan fingerprint density at radius 3 is 2.44 bits per heavy atom. The zero-order valence-corrected chi connectivity index (χ0v) is 16.9. The summed E-state index contributed by atoms with van der Waals surface area (Å²) in [6, 6.07) is 11.7. The molecule has 2 saturated heterocycles. The van der Waals surface area contributed by atoms with Gasteiger partial charge in [0.1, 0.15) is 16.9 Å². The SMILES string of the molecule is CN1C(=O)NC(=O)[C@]12CN(C(=O)c1cccc(O)c1C(=O)O)C[C@H]2c1ccc(C#N)cc1. The normalized spacial score (nSPS) is 22.2. The predicted molar refractivity (Wildman–Crippen MR) is 109 cm³/mol. The van der Waals surface area contributed by atoms with E-state index >= 15 is 0 Å². The van der Waals surface area contributed by atoms with Crippen molar-refractivity contribution in [3.63, 3.8) is 0 Å². The van der Waals surface area contributed by atoms with E-state index in [9.17, 15) is 29.4 Å². The molecule has 2 atom stereocenters. The van der Waals surface area contributed by atoms with E-state index in [0.717, 1.165) is 0 Å². The molecule has 10 heteroatoms. The van der Waals surface area contributed by atoms with Gasteiger partial charge in [-0.15, -0.1) is 0 Å². The molecule has 2 fully saturated rings. The summed E-state index contributed by atoms with van der Waals surface area (Å²) in [5.74, 6) is -3.89. The van der Waals surface area contributed by atoms with Gasteiger partial charge in [0.05, 0.1) is 23.7 Å². The summed E-state index contributed by atoms with van der Waals surface area (Å²) in [7, 11) is 1.46. The van der Waals surface area contributed by atoms with Crippen LogP contribution in [0.2, 0.25) is 0 Å². The average molecular weight is 434 g/mol. The van der Waals surface area contributed by atoms with Crippen molar-refractivity contribution in [1.29, 1.82) is 5.26 Å². The van der Waals surface area contributed by atoms with E-state index in [1.54, 1.807) is 24.3 Å². The number of nitriles is 1. The molecule has 0 aliphatic carbocycles. The molecule has 2 aliphatic heterocycles. The fourth-order valence-corrected chi connectivity index (χ4v) is 4.47. The molecule has 1 spiro atoms. The van der Waals surface area contributed by atoms with Gasteiger partial charge < -0.3 is 20.0 Å². The van der Waals surface area contributed by atoms with Crippen LogP contribution in [-0.4, -0.2) is 69.5 Å². The minimum Gasteiger partial charge on any atom is -0.507 e. The first kappa shape index (κ1) is 20.9. The lowest BCUT2D eigenvalue weighted by Gasteiger charge is -2.33. The van der Waals surface area contributed by atoms with Gasteiger partial charge in [0, 0.05) is 19.5 Å². The number of carbonyl (C=O) groups excluding carboxylic acids is 3. The molecule has 0 aromatic heterocycles. The van der Waals surface area contributed by atoms with Crippen LogP contribution in [-0.2, 0) is 4.79 Å². The Morgan fingerprint density at radius 1 is 1.19 bits per heavy atom. The fraction of sp³-hybridized carbons (Fsp3) is 0.227. The number of phenols is 1. The number of benzene rings is 2. The third kappa shape index (κ3) is 2.94. The first-order chi connectivity index (χ1) is 15.2. The van der Waals surface area contributed by atoms with Crippen molar-refractivity contribution in [3.8, 4) is 11.8 Å². The minimum absolute atomic E-state index is 0.0183. The Labute approximate surface area is 182 Å². The number of carbonyl (C=O) groups is 4. The molecule has 32 heavy (non-hydrogen) atoms. The summed E-state index contributed by atoms with van der Waals surface area (Å²) < 4.78 is 0. The molecule has 3 N–H and O–H groups in total. The number of nitrogens with one attached hydrogen (secondary N) is 1. The number of likely N-dealkylation sites (N-methyl/N-ethyl adjacent to an activating group) is 1. The van der Waals surface area contributed by atoms with Crippen molar-refractivity contribution in [2.75, 3.05) is 20.1 Å². The number of imide groups is 1. The quantitative estimate of drug-likeness (QED) is 0.612. The number of urea groups is 1. The third-order valence-corrected chi connectivity index (χ3v) is 6.14. The number of rotatable bonds is 3. The Hall–Kier alpha value is -4.39. The first-order valence-electron chi connectivity index (χ1n) is 9.64. The van der Waals surface area contributed by atoms with Gasteiger partial charge in [-0.05, 0) is 29.8 Å². The van der Waals surface area contributed by atoms with E-state index in [-0.39, 0.29) is 18.7 Å². The van der Waals surface area contributed by atoms with E-state index in [1.165, 1.54) is 35.0 Å². The Balaban J connectivity index is 1.79. The molecule has 2 aliphatic rings. The second-order valence-electron chi connectivity index (χ2n) is 7.72. The molecule has 0 saturated carbocycles. The van der Waals surface area contributed by atoms with Crippen LogP contribution in [0.25, 0.3) is 0 Å². The molecule has 0 radical (unpaired) electrons. The summed E-state index contributed by atoms with van der Waals surface area (Å²) in [4.78, 5) is 52.8. The van der Waals surface area contributed by atoms with Gasteiger partial charge in [0.15, 0.2) is 0 Å². The highest BCUT2D eigenvalue weighted by Gasteiger charge is 2.61. The zero-order chi connectivity index (χ0) is 23.2. The molecule has 0 bridgehead atoms. The number of hydrogen-bond acceptors (Lipinski definition) is 6. The van der Waals surface area contributed by atoms with E-state index in [2.05, 4.69) is 5.32 Å². The van der Waals surface area contributed by atoms with Crippen LogP contribution < -0.4 is 5.32 Å². The number of amides is 4. The first-order valence-corrected chi connectivity index (χ1v) is 9.64. The molecule has 162 valence electrons. The van der Waals surface area contributed by atoms with Gasteiger partial charge in [-0.3, -0.25) is 14.9 Å². The number of carboxylic acid groups (broad SMARTS) is 1. The van der Waals surface area contributed by atoms with Crippen molar-refractivity contribution in [1.82, 2.24) is 15.1 Å². The second kappa shape index (κ2) is 7.39. The molecule has 2 heterocycles. The minimum atomic E-state index is -1.46. The number of aromatic carboxylic acids is 1. The topological polar surface area (TPSA) is 151 Å². The Morgan fingerprint density at radius 2 is 1.88 bits per heavy atom. The van der Waals surface area contributed by atoms with Crippen molar-refractivity contribution in [2.24, 2.45) is 0 Å². The maximum absolute atomic E-state index is 13.3. The van der Waals surface area contributed by atoms with Gasteiger partial charge >= 0.3 is 12.0 Å². The monoisotopic (exact) mass is 434 g/mol. The van der Waals surface area contributed by atoms with Crippen molar-refractivity contribution in [2.45, 2.75) is 11.5 Å². The largest absolute Gasteiger partial charge is 0.507 e. The van der Waals surface area contributed by atoms with E-state index in [0.29, 0.717) is 11.1 Å². The van der Waals surface area contributed by atoms with Crippen LogP contribution in [0.1, 0.15) is 37.8 Å². The van der Waals surface area contributed by atoms with E-state index in [4.69, 9.17) is 5.26 Å². The zero-order valence-electron chi connectivity index (χ0n) is 16.9. The summed E-state index contributed by atoms with van der Waals surface area (Å²) in [6.07, 6.45) is 0. The van der Waals surface area contributed by atoms with E-state index < -0.39 is 46.6 Å². The van der Waals surface area contributed by atoms with Crippen LogP contribution in [0, 0.1) is 11.3 Å². The van der Waals surface area contributed by atoms with Gasteiger partial charge in [-0.1, -0.05) is 18.2 Å². The number of nitrogens with zero attached hydrogens (tertiary/aromatic N) is 3. The van der Waals surface area contributed by atoms with Crippen LogP contribution in [0.15, 0.2) is 42.5 Å².